The third kappa shape index (κ3) is 3.78. The zero-order valence-corrected chi connectivity index (χ0v) is 12.1. The Morgan fingerprint density at radius 1 is 1.50 bits per heavy atom. The topological polar surface area (TPSA) is 42.0 Å². The number of benzene rings is 1. The van der Waals surface area contributed by atoms with Gasteiger partial charge in [-0.1, -0.05) is 28.1 Å². The van der Waals surface area contributed by atoms with Crippen molar-refractivity contribution in [1.82, 2.24) is 4.98 Å². The van der Waals surface area contributed by atoms with Gasteiger partial charge < -0.3 is 0 Å². The molecule has 92 valence electrons. The third-order valence-corrected chi connectivity index (χ3v) is 3.45. The predicted molar refractivity (Wildman–Crippen MR) is 78.7 cm³/mol. The van der Waals surface area contributed by atoms with Crippen molar-refractivity contribution < 1.29 is 4.79 Å². The molecule has 1 N–H and O–H groups in total. The standard InChI is InChI=1S/C13H11BrN2OS/c1-9-8-15-13(18-9)16-12(17)6-5-10-3-2-4-11(14)7-10/h2-8H,1H3,(H,15,16,17)/b6-5+. The highest BCUT2D eigenvalue weighted by molar-refractivity contribution is 9.10. The number of carbonyl (C=O) groups excluding carboxylic acids is 1. The normalized spacial score (nSPS) is 10.8. The van der Waals surface area contributed by atoms with Gasteiger partial charge in [-0.2, -0.15) is 0 Å². The Hall–Kier alpha value is -1.46. The second-order valence-corrected chi connectivity index (χ2v) is 5.80. The van der Waals surface area contributed by atoms with Crippen LogP contribution < -0.4 is 5.32 Å². The van der Waals surface area contributed by atoms with E-state index in [0.29, 0.717) is 5.13 Å². The molecule has 3 nitrogen and oxygen atoms in total. The van der Waals surface area contributed by atoms with E-state index in [-0.39, 0.29) is 5.91 Å². The van der Waals surface area contributed by atoms with Gasteiger partial charge in [0.2, 0.25) is 5.91 Å². The highest BCUT2D eigenvalue weighted by atomic mass is 79.9. The van der Waals surface area contributed by atoms with E-state index in [1.807, 2.05) is 31.2 Å². The van der Waals surface area contributed by atoms with Crippen LogP contribution in [0.25, 0.3) is 6.08 Å². The van der Waals surface area contributed by atoms with Crippen LogP contribution in [0.15, 0.2) is 41.0 Å². The molecule has 1 heterocycles. The maximum atomic E-state index is 11.6. The van der Waals surface area contributed by atoms with Crippen LogP contribution in [-0.4, -0.2) is 10.9 Å². The van der Waals surface area contributed by atoms with Crippen molar-refractivity contribution in [3.63, 3.8) is 0 Å². The number of nitrogens with zero attached hydrogens (tertiary/aromatic N) is 1. The number of halogens is 1. The SMILES string of the molecule is Cc1cnc(NC(=O)/C=C/c2cccc(Br)c2)s1. The molecule has 0 saturated heterocycles. The van der Waals surface area contributed by atoms with E-state index in [0.717, 1.165) is 14.9 Å². The van der Waals surface area contributed by atoms with Gasteiger partial charge in [0, 0.05) is 21.6 Å². The highest BCUT2D eigenvalue weighted by Gasteiger charge is 2.01. The number of rotatable bonds is 3. The summed E-state index contributed by atoms with van der Waals surface area (Å²) in [6, 6.07) is 7.74. The Morgan fingerprint density at radius 3 is 3.00 bits per heavy atom. The fourth-order valence-electron chi connectivity index (χ4n) is 1.34. The predicted octanol–water partition coefficient (Wildman–Crippen LogP) is 3.87. The lowest BCUT2D eigenvalue weighted by atomic mass is 10.2. The Balaban J connectivity index is 1.99. The maximum Gasteiger partial charge on any atom is 0.250 e. The van der Waals surface area contributed by atoms with Crippen molar-refractivity contribution in [3.8, 4) is 0 Å². The first kappa shape index (κ1) is 13.0. The number of anilines is 1. The minimum absolute atomic E-state index is 0.177. The summed E-state index contributed by atoms with van der Waals surface area (Å²) in [6.07, 6.45) is 5.00. The van der Waals surface area contributed by atoms with Crippen molar-refractivity contribution in [1.29, 1.82) is 0 Å². The number of aryl methyl sites for hydroxylation is 1. The van der Waals surface area contributed by atoms with Gasteiger partial charge >= 0.3 is 0 Å². The number of hydrogen-bond acceptors (Lipinski definition) is 3. The molecule has 1 aromatic heterocycles. The number of thiazole rings is 1. The summed E-state index contributed by atoms with van der Waals surface area (Å²) in [5, 5.41) is 3.34. The molecule has 0 fully saturated rings. The van der Waals surface area contributed by atoms with Crippen molar-refractivity contribution >= 4 is 44.4 Å². The Morgan fingerprint density at radius 2 is 2.33 bits per heavy atom. The summed E-state index contributed by atoms with van der Waals surface area (Å²) in [4.78, 5) is 16.8. The fraction of sp³-hybridized carbons (Fsp3) is 0.0769. The summed E-state index contributed by atoms with van der Waals surface area (Å²) >= 11 is 4.84. The molecule has 2 rings (SSSR count). The lowest BCUT2D eigenvalue weighted by Gasteiger charge is -1.96. The average Bonchev–Trinajstić information content (AvgIpc) is 2.72. The van der Waals surface area contributed by atoms with Gasteiger partial charge in [0.05, 0.1) is 0 Å². The van der Waals surface area contributed by atoms with Crippen LogP contribution in [0.5, 0.6) is 0 Å². The van der Waals surface area contributed by atoms with Gasteiger partial charge in [0.1, 0.15) is 0 Å². The molecule has 0 unspecified atom stereocenters. The van der Waals surface area contributed by atoms with E-state index in [4.69, 9.17) is 0 Å². The summed E-state index contributed by atoms with van der Waals surface area (Å²) in [6.45, 7) is 1.95. The summed E-state index contributed by atoms with van der Waals surface area (Å²) in [5.74, 6) is -0.177. The second-order valence-electron chi connectivity index (χ2n) is 3.65. The van der Waals surface area contributed by atoms with Crippen LogP contribution in [-0.2, 0) is 4.79 Å². The quantitative estimate of drug-likeness (QED) is 0.872. The van der Waals surface area contributed by atoms with E-state index in [1.165, 1.54) is 17.4 Å². The van der Waals surface area contributed by atoms with Gasteiger partial charge in [-0.3, -0.25) is 10.1 Å². The molecule has 1 aromatic carbocycles. The molecule has 2 aromatic rings. The first-order valence-corrected chi connectivity index (χ1v) is 6.91. The summed E-state index contributed by atoms with van der Waals surface area (Å²) < 4.78 is 0.987. The molecule has 1 amide bonds. The third-order valence-electron chi connectivity index (χ3n) is 2.13. The van der Waals surface area contributed by atoms with Crippen LogP contribution in [0.2, 0.25) is 0 Å². The minimum Gasteiger partial charge on any atom is -0.298 e. The maximum absolute atomic E-state index is 11.6. The molecule has 0 aliphatic carbocycles. The van der Waals surface area contributed by atoms with Crippen molar-refractivity contribution in [2.45, 2.75) is 6.92 Å². The molecule has 0 radical (unpaired) electrons. The van der Waals surface area contributed by atoms with Gasteiger partial charge in [-0.15, -0.1) is 11.3 Å². The van der Waals surface area contributed by atoms with E-state index < -0.39 is 0 Å². The zero-order valence-electron chi connectivity index (χ0n) is 9.68. The number of nitrogens with one attached hydrogen (secondary N) is 1. The van der Waals surface area contributed by atoms with E-state index in [9.17, 15) is 4.79 Å². The molecule has 0 spiro atoms. The average molecular weight is 323 g/mol. The Kier molecular flexibility index (Phi) is 4.28. The molecule has 0 aliphatic heterocycles. The first-order chi connectivity index (χ1) is 8.63. The summed E-state index contributed by atoms with van der Waals surface area (Å²) in [5.41, 5.74) is 0.967. The smallest absolute Gasteiger partial charge is 0.250 e. The second kappa shape index (κ2) is 5.93. The van der Waals surface area contributed by atoms with Crippen LogP contribution >= 0.6 is 27.3 Å². The molecule has 0 atom stereocenters. The Bertz CT molecular complexity index is 592. The van der Waals surface area contributed by atoms with Gasteiger partial charge in [0.15, 0.2) is 5.13 Å². The monoisotopic (exact) mass is 322 g/mol. The highest BCUT2D eigenvalue weighted by Crippen LogP contribution is 2.16. The lowest BCUT2D eigenvalue weighted by molar-refractivity contribution is -0.111. The molecule has 5 heteroatoms. The number of carbonyl (C=O) groups is 1. The number of amides is 1. The molecule has 0 saturated carbocycles. The van der Waals surface area contributed by atoms with Crippen molar-refractivity contribution in [2.75, 3.05) is 5.32 Å². The number of hydrogen-bond donors (Lipinski definition) is 1. The van der Waals surface area contributed by atoms with E-state index in [1.54, 1.807) is 12.3 Å². The fourth-order valence-corrected chi connectivity index (χ4v) is 2.43. The molecular weight excluding hydrogens is 312 g/mol. The van der Waals surface area contributed by atoms with Crippen LogP contribution in [0.1, 0.15) is 10.4 Å². The lowest BCUT2D eigenvalue weighted by Crippen LogP contribution is -2.06. The largest absolute Gasteiger partial charge is 0.298 e. The molecule has 0 aliphatic rings. The first-order valence-electron chi connectivity index (χ1n) is 5.30. The Labute approximate surface area is 118 Å². The molecule has 18 heavy (non-hydrogen) atoms. The van der Waals surface area contributed by atoms with Crippen LogP contribution in [0.3, 0.4) is 0 Å². The summed E-state index contributed by atoms with van der Waals surface area (Å²) in [7, 11) is 0. The zero-order chi connectivity index (χ0) is 13.0. The van der Waals surface area contributed by atoms with E-state index >= 15 is 0 Å². The van der Waals surface area contributed by atoms with E-state index in [2.05, 4.69) is 26.2 Å². The molecule has 0 bridgehead atoms. The van der Waals surface area contributed by atoms with Gasteiger partial charge in [-0.05, 0) is 30.7 Å². The van der Waals surface area contributed by atoms with Crippen LogP contribution in [0, 0.1) is 6.92 Å². The van der Waals surface area contributed by atoms with Crippen molar-refractivity contribution in [3.05, 3.63) is 51.5 Å². The number of aromatic nitrogens is 1. The van der Waals surface area contributed by atoms with Crippen LogP contribution in [0.4, 0.5) is 5.13 Å². The molecular formula is C13H11BrN2OS. The van der Waals surface area contributed by atoms with Crippen molar-refractivity contribution in [2.24, 2.45) is 0 Å². The van der Waals surface area contributed by atoms with Gasteiger partial charge in [-0.25, -0.2) is 4.98 Å². The van der Waals surface area contributed by atoms with Gasteiger partial charge in [0.25, 0.3) is 0 Å². The minimum atomic E-state index is -0.177.